The van der Waals surface area contributed by atoms with Crippen molar-refractivity contribution >= 4 is 11.7 Å². The first-order valence-electron chi connectivity index (χ1n) is 3.96. The van der Waals surface area contributed by atoms with Crippen LogP contribution >= 0.6 is 0 Å². The van der Waals surface area contributed by atoms with Gasteiger partial charge in [-0.2, -0.15) is 0 Å². The summed E-state index contributed by atoms with van der Waals surface area (Å²) in [5.41, 5.74) is 4.00. The van der Waals surface area contributed by atoms with Crippen LogP contribution < -0.4 is 16.2 Å². The fraction of sp³-hybridized carbons (Fsp3) is 0.222. The minimum absolute atomic E-state index is 0.328. The highest BCUT2D eigenvalue weighted by molar-refractivity contribution is 5.90. The normalized spacial score (nSPS) is 9.46. The molecule has 4 nitrogen and oxygen atoms in total. The van der Waals surface area contributed by atoms with E-state index in [0.29, 0.717) is 0 Å². The Morgan fingerprint density at radius 2 is 2.23 bits per heavy atom. The highest BCUT2D eigenvalue weighted by atomic mass is 16.2. The molecular formula is C9H13N3O. The number of anilines is 1. The molecule has 1 aromatic rings. The van der Waals surface area contributed by atoms with Crippen LogP contribution in [0.4, 0.5) is 10.5 Å². The summed E-state index contributed by atoms with van der Waals surface area (Å²) < 4.78 is 0. The summed E-state index contributed by atoms with van der Waals surface area (Å²) in [6, 6.07) is 7.30. The Bertz CT molecular complexity index is 311. The van der Waals surface area contributed by atoms with Gasteiger partial charge in [0.15, 0.2) is 0 Å². The van der Waals surface area contributed by atoms with Gasteiger partial charge in [0, 0.05) is 12.7 Å². The molecule has 13 heavy (non-hydrogen) atoms. The van der Waals surface area contributed by atoms with Crippen molar-refractivity contribution in [3.8, 4) is 0 Å². The van der Waals surface area contributed by atoms with Gasteiger partial charge < -0.3 is 0 Å². The molecule has 0 aliphatic heterocycles. The van der Waals surface area contributed by atoms with E-state index in [1.807, 2.05) is 31.2 Å². The SMILES string of the molecule is Cc1cccc(N(C)C(=O)NN)c1. The molecule has 0 spiro atoms. The predicted molar refractivity (Wildman–Crippen MR) is 52.3 cm³/mol. The molecule has 0 fully saturated rings. The molecule has 0 aliphatic rings. The fourth-order valence-electron chi connectivity index (χ4n) is 1.05. The Hall–Kier alpha value is -1.55. The lowest BCUT2D eigenvalue weighted by atomic mass is 10.2. The van der Waals surface area contributed by atoms with Crippen LogP contribution in [0.3, 0.4) is 0 Å². The summed E-state index contributed by atoms with van der Waals surface area (Å²) in [5.74, 6) is 5.01. The number of nitrogens with zero attached hydrogens (tertiary/aromatic N) is 1. The van der Waals surface area contributed by atoms with Crippen LogP contribution in [-0.2, 0) is 0 Å². The molecule has 0 saturated heterocycles. The number of nitrogens with two attached hydrogens (primary N) is 1. The maximum Gasteiger partial charge on any atom is 0.335 e. The van der Waals surface area contributed by atoms with Gasteiger partial charge in [0.25, 0.3) is 0 Å². The van der Waals surface area contributed by atoms with E-state index in [-0.39, 0.29) is 6.03 Å². The van der Waals surface area contributed by atoms with Gasteiger partial charge in [-0.05, 0) is 24.6 Å². The maximum atomic E-state index is 11.1. The number of carbonyl (C=O) groups is 1. The molecule has 3 N–H and O–H groups in total. The van der Waals surface area contributed by atoms with Crippen molar-refractivity contribution in [1.29, 1.82) is 0 Å². The van der Waals surface area contributed by atoms with E-state index >= 15 is 0 Å². The number of hydrogen-bond donors (Lipinski definition) is 2. The van der Waals surface area contributed by atoms with Crippen molar-refractivity contribution in [2.24, 2.45) is 5.84 Å². The quantitative estimate of drug-likeness (QED) is 0.384. The monoisotopic (exact) mass is 179 g/mol. The van der Waals surface area contributed by atoms with Crippen LogP contribution in [0.25, 0.3) is 0 Å². The molecular weight excluding hydrogens is 166 g/mol. The van der Waals surface area contributed by atoms with Crippen LogP contribution in [-0.4, -0.2) is 13.1 Å². The third-order valence-electron chi connectivity index (χ3n) is 1.82. The molecule has 1 rings (SSSR count). The second kappa shape index (κ2) is 3.91. The molecule has 0 atom stereocenters. The Labute approximate surface area is 77.3 Å². The van der Waals surface area contributed by atoms with Crippen molar-refractivity contribution in [3.05, 3.63) is 29.8 Å². The zero-order chi connectivity index (χ0) is 9.84. The molecule has 1 aromatic carbocycles. The van der Waals surface area contributed by atoms with E-state index in [4.69, 9.17) is 5.84 Å². The molecule has 0 heterocycles. The van der Waals surface area contributed by atoms with E-state index in [1.54, 1.807) is 7.05 Å². The van der Waals surface area contributed by atoms with Crippen molar-refractivity contribution in [2.75, 3.05) is 11.9 Å². The minimum atomic E-state index is -0.328. The first kappa shape index (κ1) is 9.54. The van der Waals surface area contributed by atoms with Gasteiger partial charge in [-0.15, -0.1) is 0 Å². The summed E-state index contributed by atoms with van der Waals surface area (Å²) in [4.78, 5) is 12.6. The third-order valence-corrected chi connectivity index (χ3v) is 1.82. The second-order valence-electron chi connectivity index (χ2n) is 2.85. The third kappa shape index (κ3) is 2.19. The van der Waals surface area contributed by atoms with Gasteiger partial charge in [0.05, 0.1) is 0 Å². The number of urea groups is 1. The number of rotatable bonds is 1. The number of carbonyl (C=O) groups excluding carboxylic acids is 1. The molecule has 2 amide bonds. The molecule has 70 valence electrons. The Kier molecular flexibility index (Phi) is 2.87. The molecule has 0 saturated carbocycles. The minimum Gasteiger partial charge on any atom is -0.296 e. The molecule has 0 radical (unpaired) electrons. The molecule has 0 aliphatic carbocycles. The van der Waals surface area contributed by atoms with E-state index in [9.17, 15) is 4.79 Å². The van der Waals surface area contributed by atoms with Crippen LogP contribution in [0.15, 0.2) is 24.3 Å². The van der Waals surface area contributed by atoms with Gasteiger partial charge in [0.1, 0.15) is 0 Å². The zero-order valence-electron chi connectivity index (χ0n) is 7.74. The highest BCUT2D eigenvalue weighted by Gasteiger charge is 2.07. The average molecular weight is 179 g/mol. The Balaban J connectivity index is 2.88. The van der Waals surface area contributed by atoms with E-state index in [1.165, 1.54) is 4.90 Å². The fourth-order valence-corrected chi connectivity index (χ4v) is 1.05. The van der Waals surface area contributed by atoms with Crippen LogP contribution in [0, 0.1) is 6.92 Å². The summed E-state index contributed by atoms with van der Waals surface area (Å²) in [6.07, 6.45) is 0. The van der Waals surface area contributed by atoms with Gasteiger partial charge in [-0.25, -0.2) is 10.6 Å². The van der Waals surface area contributed by atoms with Crippen LogP contribution in [0.2, 0.25) is 0 Å². The first-order chi connectivity index (χ1) is 6.15. The molecule has 0 aromatic heterocycles. The summed E-state index contributed by atoms with van der Waals surface area (Å²) in [5, 5.41) is 0. The molecule has 0 bridgehead atoms. The second-order valence-corrected chi connectivity index (χ2v) is 2.85. The van der Waals surface area contributed by atoms with Gasteiger partial charge in [-0.3, -0.25) is 10.3 Å². The van der Waals surface area contributed by atoms with Crippen molar-refractivity contribution in [2.45, 2.75) is 6.92 Å². The summed E-state index contributed by atoms with van der Waals surface area (Å²) in [7, 11) is 1.66. The lowest BCUT2D eigenvalue weighted by molar-refractivity contribution is 0.247. The van der Waals surface area contributed by atoms with E-state index in [0.717, 1.165) is 11.3 Å². The van der Waals surface area contributed by atoms with E-state index < -0.39 is 0 Å². The predicted octanol–water partition coefficient (Wildman–Crippen LogP) is 1.01. The number of benzene rings is 1. The standard InChI is InChI=1S/C9H13N3O/c1-7-4-3-5-8(6-7)12(2)9(13)11-10/h3-6H,10H2,1-2H3,(H,11,13). The molecule has 4 heteroatoms. The van der Waals surface area contributed by atoms with Gasteiger partial charge >= 0.3 is 6.03 Å². The number of hydrogen-bond acceptors (Lipinski definition) is 2. The number of amides is 2. The zero-order valence-corrected chi connectivity index (χ0v) is 7.74. The highest BCUT2D eigenvalue weighted by Crippen LogP contribution is 2.13. The lowest BCUT2D eigenvalue weighted by Gasteiger charge is -2.16. The topological polar surface area (TPSA) is 58.4 Å². The largest absolute Gasteiger partial charge is 0.335 e. The Morgan fingerprint density at radius 1 is 1.54 bits per heavy atom. The van der Waals surface area contributed by atoms with Crippen LogP contribution in [0.1, 0.15) is 5.56 Å². The van der Waals surface area contributed by atoms with Crippen molar-refractivity contribution in [1.82, 2.24) is 5.43 Å². The van der Waals surface area contributed by atoms with E-state index in [2.05, 4.69) is 5.43 Å². The first-order valence-corrected chi connectivity index (χ1v) is 3.96. The van der Waals surface area contributed by atoms with Crippen molar-refractivity contribution in [3.63, 3.8) is 0 Å². The van der Waals surface area contributed by atoms with Gasteiger partial charge in [0.2, 0.25) is 0 Å². The average Bonchev–Trinajstić information content (AvgIpc) is 2.15. The lowest BCUT2D eigenvalue weighted by Crippen LogP contribution is -2.41. The van der Waals surface area contributed by atoms with Crippen LogP contribution in [0.5, 0.6) is 0 Å². The molecule has 0 unspecified atom stereocenters. The maximum absolute atomic E-state index is 11.1. The Morgan fingerprint density at radius 3 is 2.77 bits per heavy atom. The number of nitrogens with one attached hydrogen (secondary N) is 1. The number of hydrazine groups is 1. The van der Waals surface area contributed by atoms with Gasteiger partial charge in [-0.1, -0.05) is 12.1 Å². The van der Waals surface area contributed by atoms with Crippen molar-refractivity contribution < 1.29 is 4.79 Å². The summed E-state index contributed by atoms with van der Waals surface area (Å²) in [6.45, 7) is 1.97. The number of aryl methyl sites for hydroxylation is 1. The summed E-state index contributed by atoms with van der Waals surface area (Å²) >= 11 is 0. The smallest absolute Gasteiger partial charge is 0.296 e.